The summed E-state index contributed by atoms with van der Waals surface area (Å²) in [5, 5.41) is 10.5. The number of nitrogens with zero attached hydrogens (tertiary/aromatic N) is 2. The quantitative estimate of drug-likeness (QED) is 0.920. The van der Waals surface area contributed by atoms with E-state index in [0.717, 1.165) is 18.7 Å². The molecule has 0 spiro atoms. The molecule has 1 fully saturated rings. The summed E-state index contributed by atoms with van der Waals surface area (Å²) in [5.41, 5.74) is 1.63. The summed E-state index contributed by atoms with van der Waals surface area (Å²) in [4.78, 5) is 17.2. The van der Waals surface area contributed by atoms with Crippen LogP contribution in [0.5, 0.6) is 0 Å². The number of benzene rings is 2. The van der Waals surface area contributed by atoms with Gasteiger partial charge in [-0.05, 0) is 25.0 Å². The van der Waals surface area contributed by atoms with Gasteiger partial charge in [0, 0.05) is 32.7 Å². The van der Waals surface area contributed by atoms with Crippen molar-refractivity contribution in [1.82, 2.24) is 9.80 Å². The Hall–Kier alpha value is -2.17. The highest BCUT2D eigenvalue weighted by atomic mass is 16.3. The summed E-state index contributed by atoms with van der Waals surface area (Å²) in [6.07, 6.45) is -0.531. The van der Waals surface area contributed by atoms with Crippen molar-refractivity contribution in [3.05, 3.63) is 71.8 Å². The van der Waals surface area contributed by atoms with Gasteiger partial charge < -0.3 is 10.0 Å². The molecule has 1 heterocycles. The fourth-order valence-electron chi connectivity index (χ4n) is 3.60. The molecule has 1 saturated heterocycles. The van der Waals surface area contributed by atoms with Crippen LogP contribution in [-0.2, 0) is 16.8 Å². The first-order chi connectivity index (χ1) is 12.5. The Kier molecular flexibility index (Phi) is 5.74. The van der Waals surface area contributed by atoms with Crippen LogP contribution in [0.3, 0.4) is 0 Å². The zero-order chi connectivity index (χ0) is 18.6. The second kappa shape index (κ2) is 8.02. The van der Waals surface area contributed by atoms with E-state index in [-0.39, 0.29) is 5.91 Å². The lowest BCUT2D eigenvalue weighted by Crippen LogP contribution is -2.46. The van der Waals surface area contributed by atoms with Crippen LogP contribution in [0.25, 0.3) is 0 Å². The normalized spacial score (nSPS) is 19.2. The molecule has 1 atom stereocenters. The number of amides is 1. The van der Waals surface area contributed by atoms with Crippen molar-refractivity contribution in [2.75, 3.05) is 26.2 Å². The van der Waals surface area contributed by atoms with Crippen LogP contribution in [0, 0.1) is 0 Å². The molecule has 1 amide bonds. The summed E-state index contributed by atoms with van der Waals surface area (Å²) in [6, 6.07) is 20.1. The summed E-state index contributed by atoms with van der Waals surface area (Å²) in [6.45, 7) is 7.10. The predicted octanol–water partition coefficient (Wildman–Crippen LogP) is 2.67. The lowest BCUT2D eigenvalue weighted by atomic mass is 9.83. The van der Waals surface area contributed by atoms with Gasteiger partial charge in [0.25, 0.3) is 0 Å². The third kappa shape index (κ3) is 4.32. The SMILES string of the molecule is CC(C)(C(=O)N1CCN(Cc2ccccc2)C[C@@H](O)C1)c1ccccc1. The van der Waals surface area contributed by atoms with Crippen molar-refractivity contribution in [2.45, 2.75) is 31.9 Å². The van der Waals surface area contributed by atoms with Gasteiger partial charge in [0.05, 0.1) is 11.5 Å². The maximum absolute atomic E-state index is 13.2. The lowest BCUT2D eigenvalue weighted by molar-refractivity contribution is -0.137. The third-order valence-electron chi connectivity index (χ3n) is 5.15. The van der Waals surface area contributed by atoms with Crippen LogP contribution in [0.15, 0.2) is 60.7 Å². The molecule has 4 nitrogen and oxygen atoms in total. The smallest absolute Gasteiger partial charge is 0.232 e. The highest BCUT2D eigenvalue weighted by Crippen LogP contribution is 2.26. The molecule has 1 aliphatic rings. The monoisotopic (exact) mass is 352 g/mol. The van der Waals surface area contributed by atoms with E-state index < -0.39 is 11.5 Å². The van der Waals surface area contributed by atoms with E-state index in [2.05, 4.69) is 17.0 Å². The van der Waals surface area contributed by atoms with Crippen molar-refractivity contribution in [1.29, 1.82) is 0 Å². The molecule has 1 N–H and O–H groups in total. The summed E-state index contributed by atoms with van der Waals surface area (Å²) in [7, 11) is 0. The van der Waals surface area contributed by atoms with Gasteiger partial charge >= 0.3 is 0 Å². The largest absolute Gasteiger partial charge is 0.390 e. The molecular formula is C22H28N2O2. The van der Waals surface area contributed by atoms with Crippen molar-refractivity contribution in [3.8, 4) is 0 Å². The second-order valence-electron chi connectivity index (χ2n) is 7.62. The number of rotatable bonds is 4. The average Bonchev–Trinajstić information content (AvgIpc) is 2.83. The average molecular weight is 352 g/mol. The van der Waals surface area contributed by atoms with Gasteiger partial charge in [-0.2, -0.15) is 0 Å². The molecule has 0 radical (unpaired) electrons. The van der Waals surface area contributed by atoms with Gasteiger partial charge in [-0.25, -0.2) is 0 Å². The Balaban J connectivity index is 1.69. The Morgan fingerprint density at radius 1 is 1.00 bits per heavy atom. The molecule has 2 aromatic carbocycles. The molecule has 1 aliphatic heterocycles. The van der Waals surface area contributed by atoms with E-state index in [1.54, 1.807) is 0 Å². The van der Waals surface area contributed by atoms with Crippen molar-refractivity contribution >= 4 is 5.91 Å². The van der Waals surface area contributed by atoms with Crippen LogP contribution < -0.4 is 0 Å². The van der Waals surface area contributed by atoms with Crippen LogP contribution >= 0.6 is 0 Å². The van der Waals surface area contributed by atoms with E-state index in [0.29, 0.717) is 19.6 Å². The van der Waals surface area contributed by atoms with Gasteiger partial charge in [-0.1, -0.05) is 60.7 Å². The first-order valence-electron chi connectivity index (χ1n) is 9.26. The predicted molar refractivity (Wildman–Crippen MR) is 104 cm³/mol. The number of β-amino-alcohol motifs (C(OH)–C–C–N with tert-alkyl or cyclic N) is 1. The van der Waals surface area contributed by atoms with Crippen molar-refractivity contribution in [2.24, 2.45) is 0 Å². The maximum atomic E-state index is 13.2. The van der Waals surface area contributed by atoms with Gasteiger partial charge in [-0.3, -0.25) is 9.69 Å². The Morgan fingerprint density at radius 2 is 1.62 bits per heavy atom. The Labute approximate surface area is 156 Å². The highest BCUT2D eigenvalue weighted by molar-refractivity contribution is 5.87. The number of carbonyl (C=O) groups excluding carboxylic acids is 1. The van der Waals surface area contributed by atoms with E-state index in [1.165, 1.54) is 5.56 Å². The van der Waals surface area contributed by atoms with Crippen LogP contribution in [-0.4, -0.2) is 53.1 Å². The van der Waals surface area contributed by atoms with E-state index in [9.17, 15) is 9.90 Å². The Bertz CT molecular complexity index is 715. The minimum atomic E-state index is -0.602. The van der Waals surface area contributed by atoms with Gasteiger partial charge in [0.2, 0.25) is 5.91 Å². The highest BCUT2D eigenvalue weighted by Gasteiger charge is 2.35. The molecule has 0 aromatic heterocycles. The number of carbonyl (C=O) groups is 1. The number of aliphatic hydroxyl groups is 1. The fourth-order valence-corrected chi connectivity index (χ4v) is 3.60. The van der Waals surface area contributed by atoms with Crippen molar-refractivity contribution < 1.29 is 9.90 Å². The summed E-state index contributed by atoms with van der Waals surface area (Å²) >= 11 is 0. The molecule has 3 rings (SSSR count). The third-order valence-corrected chi connectivity index (χ3v) is 5.15. The van der Waals surface area contributed by atoms with Gasteiger partial charge in [0.1, 0.15) is 0 Å². The van der Waals surface area contributed by atoms with E-state index in [1.807, 2.05) is 67.3 Å². The number of hydrogen-bond donors (Lipinski definition) is 1. The molecule has 0 saturated carbocycles. The van der Waals surface area contributed by atoms with E-state index >= 15 is 0 Å². The van der Waals surface area contributed by atoms with Crippen LogP contribution in [0.4, 0.5) is 0 Å². The summed E-state index contributed by atoms with van der Waals surface area (Å²) < 4.78 is 0. The van der Waals surface area contributed by atoms with Crippen LogP contribution in [0.1, 0.15) is 25.0 Å². The first kappa shape index (κ1) is 18.6. The summed E-state index contributed by atoms with van der Waals surface area (Å²) in [5.74, 6) is 0.0734. The van der Waals surface area contributed by atoms with E-state index in [4.69, 9.17) is 0 Å². The molecule has 0 bridgehead atoms. The molecule has 26 heavy (non-hydrogen) atoms. The molecule has 4 heteroatoms. The first-order valence-corrected chi connectivity index (χ1v) is 9.26. The molecule has 0 aliphatic carbocycles. The van der Waals surface area contributed by atoms with Gasteiger partial charge in [-0.15, -0.1) is 0 Å². The van der Waals surface area contributed by atoms with Crippen LogP contribution in [0.2, 0.25) is 0 Å². The fraction of sp³-hybridized carbons (Fsp3) is 0.409. The molecule has 0 unspecified atom stereocenters. The molecule has 2 aromatic rings. The standard InChI is InChI=1S/C22H28N2O2/c1-22(2,19-11-7-4-8-12-19)21(26)24-14-13-23(16-20(25)17-24)15-18-9-5-3-6-10-18/h3-12,20,25H,13-17H2,1-2H3/t20-/m1/s1. The maximum Gasteiger partial charge on any atom is 0.232 e. The molecular weight excluding hydrogens is 324 g/mol. The zero-order valence-corrected chi connectivity index (χ0v) is 15.6. The minimum absolute atomic E-state index is 0.0734. The number of hydrogen-bond acceptors (Lipinski definition) is 3. The van der Waals surface area contributed by atoms with Gasteiger partial charge in [0.15, 0.2) is 0 Å². The minimum Gasteiger partial charge on any atom is -0.390 e. The topological polar surface area (TPSA) is 43.8 Å². The molecule has 138 valence electrons. The lowest BCUT2D eigenvalue weighted by Gasteiger charge is -2.32. The second-order valence-corrected chi connectivity index (χ2v) is 7.62. The number of aliphatic hydroxyl groups excluding tert-OH is 1. The Morgan fingerprint density at radius 3 is 2.27 bits per heavy atom. The zero-order valence-electron chi connectivity index (χ0n) is 15.6. The van der Waals surface area contributed by atoms with Crippen molar-refractivity contribution in [3.63, 3.8) is 0 Å².